The SMILES string of the molecule is CC[Si](CC)(CC)c1cc(COP(=O)([O-])[O-])co1. The third-order valence-electron chi connectivity index (χ3n) is 3.60. The molecule has 0 unspecified atom stereocenters. The summed E-state index contributed by atoms with van der Waals surface area (Å²) in [7, 11) is -6.51. The molecule has 1 heterocycles. The third-order valence-corrected chi connectivity index (χ3v) is 9.41. The first kappa shape index (κ1) is 15.7. The van der Waals surface area contributed by atoms with Crippen LogP contribution in [0, 0.1) is 0 Å². The molecule has 0 bridgehead atoms. The molecular weight excluding hydrogens is 271 g/mol. The highest BCUT2D eigenvalue weighted by Crippen LogP contribution is 2.27. The first-order valence-electron chi connectivity index (χ1n) is 6.11. The number of furan rings is 1. The number of phosphoric acid groups is 1. The van der Waals surface area contributed by atoms with Gasteiger partial charge in [-0.3, -0.25) is 0 Å². The molecule has 0 aliphatic rings. The Morgan fingerprint density at radius 2 is 1.83 bits per heavy atom. The largest absolute Gasteiger partial charge is 0.790 e. The van der Waals surface area contributed by atoms with Gasteiger partial charge in [0.2, 0.25) is 0 Å². The zero-order valence-corrected chi connectivity index (χ0v) is 12.9. The fourth-order valence-electron chi connectivity index (χ4n) is 2.16. The average Bonchev–Trinajstić information content (AvgIpc) is 2.78. The van der Waals surface area contributed by atoms with E-state index in [0.717, 1.165) is 23.5 Å². The van der Waals surface area contributed by atoms with Gasteiger partial charge in [0.1, 0.15) is 8.07 Å². The highest BCUT2D eigenvalue weighted by Gasteiger charge is 2.32. The number of hydrogen-bond donors (Lipinski definition) is 0. The van der Waals surface area contributed by atoms with E-state index in [2.05, 4.69) is 25.3 Å². The molecule has 0 saturated heterocycles. The van der Waals surface area contributed by atoms with E-state index in [1.54, 1.807) is 0 Å². The average molecular weight is 290 g/mol. The zero-order valence-electron chi connectivity index (χ0n) is 11.0. The van der Waals surface area contributed by atoms with E-state index in [1.165, 1.54) is 6.26 Å². The van der Waals surface area contributed by atoms with Crippen molar-refractivity contribution in [2.45, 2.75) is 45.5 Å². The van der Waals surface area contributed by atoms with Gasteiger partial charge in [-0.15, -0.1) is 0 Å². The van der Waals surface area contributed by atoms with Gasteiger partial charge >= 0.3 is 0 Å². The van der Waals surface area contributed by atoms with Crippen LogP contribution >= 0.6 is 7.82 Å². The van der Waals surface area contributed by atoms with Crippen LogP contribution in [-0.2, 0) is 15.7 Å². The zero-order chi connectivity index (χ0) is 13.8. The molecular formula is C11H19O5PSi-2. The van der Waals surface area contributed by atoms with Gasteiger partial charge in [0, 0.05) is 5.56 Å². The fourth-order valence-corrected chi connectivity index (χ4v) is 5.81. The van der Waals surface area contributed by atoms with Crippen molar-refractivity contribution in [3.63, 3.8) is 0 Å². The second-order valence-electron chi connectivity index (χ2n) is 4.38. The Kier molecular flexibility index (Phi) is 5.37. The van der Waals surface area contributed by atoms with Crippen LogP contribution in [-0.4, -0.2) is 8.07 Å². The second kappa shape index (κ2) is 6.17. The lowest BCUT2D eigenvalue weighted by atomic mass is 10.4. The van der Waals surface area contributed by atoms with Crippen LogP contribution in [0.5, 0.6) is 0 Å². The standard InChI is InChI=1S/C11H21O5PSi/c1-4-18(5-2,6-3)11-7-10(8-15-11)9-16-17(12,13)14/h7-8H,4-6,9H2,1-3H3,(H2,12,13,14)/p-2. The molecule has 0 spiro atoms. The molecule has 7 heteroatoms. The summed E-state index contributed by atoms with van der Waals surface area (Å²) in [5, 5.41) is 0.959. The molecule has 1 aromatic rings. The van der Waals surface area contributed by atoms with Crippen LogP contribution in [0.3, 0.4) is 0 Å². The van der Waals surface area contributed by atoms with Gasteiger partial charge in [0.15, 0.2) is 0 Å². The van der Waals surface area contributed by atoms with Gasteiger partial charge in [-0.1, -0.05) is 38.9 Å². The summed E-state index contributed by atoms with van der Waals surface area (Å²) in [6, 6.07) is 5.07. The summed E-state index contributed by atoms with van der Waals surface area (Å²) in [6.07, 6.45) is 1.48. The normalized spacial score (nSPS) is 12.9. The quantitative estimate of drug-likeness (QED) is 0.559. The Morgan fingerprint density at radius 3 is 2.28 bits per heavy atom. The van der Waals surface area contributed by atoms with Crippen LogP contribution in [0.15, 0.2) is 16.7 Å². The molecule has 0 atom stereocenters. The molecule has 0 saturated carbocycles. The lowest BCUT2D eigenvalue weighted by molar-refractivity contribution is -0.342. The van der Waals surface area contributed by atoms with E-state index in [-0.39, 0.29) is 6.61 Å². The van der Waals surface area contributed by atoms with E-state index >= 15 is 0 Å². The van der Waals surface area contributed by atoms with Gasteiger partial charge in [-0.2, -0.15) is 0 Å². The maximum atomic E-state index is 10.4. The molecule has 0 fully saturated rings. The van der Waals surface area contributed by atoms with Gasteiger partial charge < -0.3 is 23.3 Å². The highest BCUT2D eigenvalue weighted by atomic mass is 31.2. The monoisotopic (exact) mass is 290 g/mol. The molecule has 1 aromatic heterocycles. The van der Waals surface area contributed by atoms with E-state index < -0.39 is 15.9 Å². The van der Waals surface area contributed by atoms with Crippen molar-refractivity contribution in [2.24, 2.45) is 0 Å². The van der Waals surface area contributed by atoms with Crippen LogP contribution in [0.4, 0.5) is 0 Å². The minimum Gasteiger partial charge on any atom is -0.790 e. The Bertz CT molecular complexity index is 413. The molecule has 18 heavy (non-hydrogen) atoms. The second-order valence-corrected chi connectivity index (χ2v) is 10.7. The molecule has 104 valence electrons. The first-order chi connectivity index (χ1) is 8.37. The molecule has 5 nitrogen and oxygen atoms in total. The molecule has 0 aliphatic heterocycles. The van der Waals surface area contributed by atoms with Gasteiger partial charge in [0.25, 0.3) is 0 Å². The summed E-state index contributed by atoms with van der Waals surface area (Å²) in [6.45, 7) is 6.22. The summed E-state index contributed by atoms with van der Waals surface area (Å²) in [4.78, 5) is 20.8. The van der Waals surface area contributed by atoms with Crippen molar-refractivity contribution in [2.75, 3.05) is 0 Å². The Labute approximate surface area is 108 Å². The van der Waals surface area contributed by atoms with E-state index in [0.29, 0.717) is 5.56 Å². The summed E-state index contributed by atoms with van der Waals surface area (Å²) < 4.78 is 20.2. The van der Waals surface area contributed by atoms with Crippen LogP contribution in [0.1, 0.15) is 26.3 Å². The minimum atomic E-state index is -4.91. The Balaban J connectivity index is 2.82. The number of phosphoric ester groups is 1. The van der Waals surface area contributed by atoms with Crippen LogP contribution < -0.4 is 15.2 Å². The topological polar surface area (TPSA) is 85.6 Å². The lowest BCUT2D eigenvalue weighted by Gasteiger charge is -2.28. The summed E-state index contributed by atoms with van der Waals surface area (Å²) in [5.41, 5.74) is 0.601. The van der Waals surface area contributed by atoms with Gasteiger partial charge in [0.05, 0.1) is 26.1 Å². The van der Waals surface area contributed by atoms with Crippen molar-refractivity contribution in [3.05, 3.63) is 17.9 Å². The first-order valence-corrected chi connectivity index (χ1v) is 10.2. The predicted octanol–water partition coefficient (Wildman–Crippen LogP) is 1.34. The van der Waals surface area contributed by atoms with Crippen molar-refractivity contribution >= 4 is 21.3 Å². The maximum absolute atomic E-state index is 10.4. The van der Waals surface area contributed by atoms with Crippen molar-refractivity contribution in [1.82, 2.24) is 0 Å². The van der Waals surface area contributed by atoms with E-state index in [4.69, 9.17) is 4.42 Å². The maximum Gasteiger partial charge on any atom is 0.131 e. The van der Waals surface area contributed by atoms with Gasteiger partial charge in [-0.05, 0) is 6.07 Å². The smallest absolute Gasteiger partial charge is 0.131 e. The van der Waals surface area contributed by atoms with Crippen molar-refractivity contribution in [1.29, 1.82) is 0 Å². The van der Waals surface area contributed by atoms with Crippen LogP contribution in [0.25, 0.3) is 0 Å². The molecule has 0 aliphatic carbocycles. The molecule has 0 amide bonds. The van der Waals surface area contributed by atoms with Crippen molar-refractivity contribution < 1.29 is 23.3 Å². The van der Waals surface area contributed by atoms with E-state index in [9.17, 15) is 14.4 Å². The molecule has 0 aromatic carbocycles. The Hall–Kier alpha value is -0.393. The summed E-state index contributed by atoms with van der Waals surface area (Å²) >= 11 is 0. The summed E-state index contributed by atoms with van der Waals surface area (Å²) in [5.74, 6) is 0. The Morgan fingerprint density at radius 1 is 1.28 bits per heavy atom. The highest BCUT2D eigenvalue weighted by molar-refractivity contribution is 7.43. The van der Waals surface area contributed by atoms with Gasteiger partial charge in [-0.25, -0.2) is 0 Å². The molecule has 0 radical (unpaired) electrons. The number of rotatable bonds is 7. The predicted molar refractivity (Wildman–Crippen MR) is 67.9 cm³/mol. The molecule has 1 rings (SSSR count). The third kappa shape index (κ3) is 3.80. The van der Waals surface area contributed by atoms with Crippen LogP contribution in [0.2, 0.25) is 18.1 Å². The lowest BCUT2D eigenvalue weighted by Crippen LogP contribution is -2.44. The van der Waals surface area contributed by atoms with E-state index in [1.807, 2.05) is 6.07 Å². The van der Waals surface area contributed by atoms with Crippen molar-refractivity contribution in [3.8, 4) is 0 Å². The molecule has 0 N–H and O–H groups in total. The fraction of sp³-hybridized carbons (Fsp3) is 0.636. The minimum absolute atomic E-state index is 0.241. The number of hydrogen-bond acceptors (Lipinski definition) is 5.